The van der Waals surface area contributed by atoms with E-state index in [9.17, 15) is 4.79 Å². The molecule has 0 aromatic carbocycles. The van der Waals surface area contributed by atoms with Crippen molar-refractivity contribution in [2.45, 2.75) is 50.8 Å². The van der Waals surface area contributed by atoms with Gasteiger partial charge in [-0.15, -0.1) is 11.6 Å². The van der Waals surface area contributed by atoms with Gasteiger partial charge in [0, 0.05) is 6.92 Å². The van der Waals surface area contributed by atoms with Crippen molar-refractivity contribution in [1.82, 2.24) is 0 Å². The van der Waals surface area contributed by atoms with Gasteiger partial charge in [0.15, 0.2) is 0 Å². The van der Waals surface area contributed by atoms with E-state index in [1.807, 2.05) is 0 Å². The molecule has 0 heterocycles. The molecule has 0 aromatic heterocycles. The van der Waals surface area contributed by atoms with Gasteiger partial charge in [-0.25, -0.2) is 0 Å². The van der Waals surface area contributed by atoms with Crippen LogP contribution in [0.25, 0.3) is 0 Å². The second-order valence-electron chi connectivity index (χ2n) is 3.69. The van der Waals surface area contributed by atoms with Gasteiger partial charge in [-0.3, -0.25) is 4.79 Å². The van der Waals surface area contributed by atoms with Crippen LogP contribution in [0.15, 0.2) is 0 Å². The van der Waals surface area contributed by atoms with Gasteiger partial charge < -0.3 is 4.74 Å². The Balaban J connectivity index is 4.28. The maximum absolute atomic E-state index is 10.7. The van der Waals surface area contributed by atoms with E-state index in [0.29, 0.717) is 6.61 Å². The van der Waals surface area contributed by atoms with Crippen molar-refractivity contribution in [3.63, 3.8) is 0 Å². The zero-order chi connectivity index (χ0) is 11.2. The van der Waals surface area contributed by atoms with E-state index < -0.39 is 8.07 Å². The molecule has 2 nitrogen and oxygen atoms in total. The van der Waals surface area contributed by atoms with E-state index in [4.69, 9.17) is 16.3 Å². The molecule has 0 radical (unpaired) electrons. The van der Waals surface area contributed by atoms with Gasteiger partial charge >= 0.3 is 5.97 Å². The Morgan fingerprint density at radius 2 is 1.71 bits per heavy atom. The predicted octanol–water partition coefficient (Wildman–Crippen LogP) is 3.20. The largest absolute Gasteiger partial charge is 0.465 e. The van der Waals surface area contributed by atoms with E-state index in [0.717, 1.165) is 18.1 Å². The average molecular weight is 237 g/mol. The molecule has 0 N–H and O–H groups in total. The minimum Gasteiger partial charge on any atom is -0.465 e. The van der Waals surface area contributed by atoms with Crippen molar-refractivity contribution < 1.29 is 9.53 Å². The van der Waals surface area contributed by atoms with E-state index in [-0.39, 0.29) is 11.0 Å². The van der Waals surface area contributed by atoms with Crippen LogP contribution >= 0.6 is 11.6 Å². The molecule has 0 aliphatic carbocycles. The van der Waals surface area contributed by atoms with Crippen LogP contribution in [0.1, 0.15) is 27.7 Å². The molecule has 1 atom stereocenters. The van der Waals surface area contributed by atoms with Crippen LogP contribution in [0.2, 0.25) is 18.1 Å². The first-order valence-electron chi connectivity index (χ1n) is 5.29. The van der Waals surface area contributed by atoms with E-state index in [1.54, 1.807) is 0 Å². The van der Waals surface area contributed by atoms with Crippen molar-refractivity contribution in [1.29, 1.82) is 0 Å². The second kappa shape index (κ2) is 6.46. The fraction of sp³-hybridized carbons (Fsp3) is 0.900. The van der Waals surface area contributed by atoms with Crippen LogP contribution in [-0.4, -0.2) is 25.7 Å². The Hall–Kier alpha value is -0.0231. The molecule has 14 heavy (non-hydrogen) atoms. The highest BCUT2D eigenvalue weighted by molar-refractivity contribution is 6.86. The maximum atomic E-state index is 10.7. The van der Waals surface area contributed by atoms with Crippen molar-refractivity contribution in [3.8, 4) is 0 Å². The highest BCUT2D eigenvalue weighted by Gasteiger charge is 2.35. The van der Waals surface area contributed by atoms with Gasteiger partial charge in [0.1, 0.15) is 6.61 Å². The fourth-order valence-electron chi connectivity index (χ4n) is 1.78. The molecule has 0 amide bonds. The van der Waals surface area contributed by atoms with Crippen LogP contribution in [0.4, 0.5) is 0 Å². The summed E-state index contributed by atoms with van der Waals surface area (Å²) < 4.78 is 4.98. The zero-order valence-corrected chi connectivity index (χ0v) is 11.4. The Morgan fingerprint density at radius 1 is 1.29 bits per heavy atom. The first kappa shape index (κ1) is 14.0. The number of alkyl halides is 1. The van der Waals surface area contributed by atoms with Crippen LogP contribution < -0.4 is 0 Å². The van der Waals surface area contributed by atoms with E-state index >= 15 is 0 Å². The number of halogens is 1. The van der Waals surface area contributed by atoms with Crippen molar-refractivity contribution in [2.24, 2.45) is 0 Å². The van der Waals surface area contributed by atoms with Gasteiger partial charge in [-0.05, 0) is 0 Å². The summed E-state index contributed by atoms with van der Waals surface area (Å²) in [5.41, 5.74) is 0. The summed E-state index contributed by atoms with van der Waals surface area (Å²) in [7, 11) is -1.40. The van der Waals surface area contributed by atoms with E-state index in [2.05, 4.69) is 20.8 Å². The molecule has 4 heteroatoms. The molecular weight excluding hydrogens is 216 g/mol. The summed E-state index contributed by atoms with van der Waals surface area (Å²) in [5, 5.41) is 0.0615. The van der Waals surface area contributed by atoms with Crippen LogP contribution in [0, 0.1) is 0 Å². The molecule has 0 aliphatic heterocycles. The normalized spacial score (nSPS) is 13.8. The lowest BCUT2D eigenvalue weighted by Gasteiger charge is -2.32. The zero-order valence-electron chi connectivity index (χ0n) is 9.60. The topological polar surface area (TPSA) is 26.3 Å². The van der Waals surface area contributed by atoms with Crippen molar-refractivity contribution in [3.05, 3.63) is 0 Å². The Bertz CT molecular complexity index is 173. The summed E-state index contributed by atoms with van der Waals surface area (Å²) >= 11 is 6.33. The molecule has 0 bridgehead atoms. The standard InChI is InChI=1S/C10H21ClO2Si/c1-5-14(6-2,7-3)10(11)8-13-9(4)12/h10H,5-8H2,1-4H3. The number of ether oxygens (including phenoxy) is 1. The quantitative estimate of drug-likeness (QED) is 0.402. The molecular formula is C10H21ClO2Si. The van der Waals surface area contributed by atoms with Crippen molar-refractivity contribution >= 4 is 25.6 Å². The Kier molecular flexibility index (Phi) is 6.45. The summed E-state index contributed by atoms with van der Waals surface area (Å²) in [6.07, 6.45) is 0. The molecule has 0 spiro atoms. The Morgan fingerprint density at radius 3 is 2.00 bits per heavy atom. The van der Waals surface area contributed by atoms with Gasteiger partial charge in [0.2, 0.25) is 0 Å². The number of carbonyl (C=O) groups excluding carboxylic acids is 1. The summed E-state index contributed by atoms with van der Waals surface area (Å²) in [5.74, 6) is -0.234. The van der Waals surface area contributed by atoms with Gasteiger partial charge in [-0.2, -0.15) is 0 Å². The Labute approximate surface area is 93.0 Å². The number of carbonyl (C=O) groups is 1. The molecule has 0 aromatic rings. The third-order valence-electron chi connectivity index (χ3n) is 3.21. The lowest BCUT2D eigenvalue weighted by molar-refractivity contribution is -0.140. The molecule has 0 saturated heterocycles. The first-order valence-corrected chi connectivity index (χ1v) is 8.43. The first-order chi connectivity index (χ1) is 6.52. The number of esters is 1. The summed E-state index contributed by atoms with van der Waals surface area (Å²) in [4.78, 5) is 10.7. The third kappa shape index (κ3) is 3.62. The predicted molar refractivity (Wildman–Crippen MR) is 63.5 cm³/mol. The SMILES string of the molecule is CC[Si](CC)(CC)C(Cl)COC(C)=O. The van der Waals surface area contributed by atoms with E-state index in [1.165, 1.54) is 6.92 Å². The minimum absolute atomic E-state index is 0.0615. The van der Waals surface area contributed by atoms with Gasteiger partial charge in [0.25, 0.3) is 0 Å². The van der Waals surface area contributed by atoms with Gasteiger partial charge in [-0.1, -0.05) is 38.9 Å². The molecule has 0 saturated carbocycles. The second-order valence-corrected chi connectivity index (χ2v) is 10.1. The maximum Gasteiger partial charge on any atom is 0.302 e. The van der Waals surface area contributed by atoms with Crippen LogP contribution in [0.3, 0.4) is 0 Å². The van der Waals surface area contributed by atoms with Crippen LogP contribution in [-0.2, 0) is 9.53 Å². The fourth-order valence-corrected chi connectivity index (χ4v) is 6.50. The van der Waals surface area contributed by atoms with Crippen LogP contribution in [0.5, 0.6) is 0 Å². The molecule has 1 unspecified atom stereocenters. The molecule has 0 rings (SSSR count). The third-order valence-corrected chi connectivity index (χ3v) is 10.4. The monoisotopic (exact) mass is 236 g/mol. The number of rotatable bonds is 6. The lowest BCUT2D eigenvalue weighted by atomic mass is 10.7. The lowest BCUT2D eigenvalue weighted by Crippen LogP contribution is -2.45. The minimum atomic E-state index is -1.40. The van der Waals surface area contributed by atoms with Crippen molar-refractivity contribution in [2.75, 3.05) is 6.61 Å². The number of hydrogen-bond acceptors (Lipinski definition) is 2. The smallest absolute Gasteiger partial charge is 0.302 e. The molecule has 0 fully saturated rings. The highest BCUT2D eigenvalue weighted by atomic mass is 35.5. The molecule has 84 valence electrons. The van der Waals surface area contributed by atoms with Gasteiger partial charge in [0.05, 0.1) is 13.1 Å². The summed E-state index contributed by atoms with van der Waals surface area (Å²) in [6.45, 7) is 8.41. The number of hydrogen-bond donors (Lipinski definition) is 0. The summed E-state index contributed by atoms with van der Waals surface area (Å²) in [6, 6.07) is 3.49. The average Bonchev–Trinajstić information content (AvgIpc) is 2.18. The highest BCUT2D eigenvalue weighted by Crippen LogP contribution is 2.28. The molecule has 0 aliphatic rings.